The minimum Gasteiger partial charge on any atom is -0.468 e. The maximum absolute atomic E-state index is 9.83. The normalized spacial score (nSPS) is 14.2. The van der Waals surface area contributed by atoms with Gasteiger partial charge in [-0.3, -0.25) is 0 Å². The van der Waals surface area contributed by atoms with Crippen LogP contribution in [0, 0.1) is 12.3 Å². The number of thioether (sulfide) groups is 1. The fourth-order valence-electron chi connectivity index (χ4n) is 1.07. The van der Waals surface area contributed by atoms with Crippen molar-refractivity contribution in [1.29, 1.82) is 0 Å². The van der Waals surface area contributed by atoms with Crippen molar-refractivity contribution in [2.45, 2.75) is 39.6 Å². The van der Waals surface area contributed by atoms with Crippen molar-refractivity contribution in [3.8, 4) is 0 Å². The molecule has 0 aliphatic rings. The Bertz CT molecular complexity index is 299. The Hall–Kier alpha value is -0.410. The van der Waals surface area contributed by atoms with Crippen molar-refractivity contribution in [3.05, 3.63) is 23.7 Å². The Balaban J connectivity index is 2.31. The number of furan rings is 1. The lowest BCUT2D eigenvalue weighted by Crippen LogP contribution is -2.28. The summed E-state index contributed by atoms with van der Waals surface area (Å²) in [5, 5.41) is 9.83. The lowest BCUT2D eigenvalue weighted by molar-refractivity contribution is 0.0842. The molecule has 3 heteroatoms. The van der Waals surface area contributed by atoms with Gasteiger partial charge in [-0.25, -0.2) is 0 Å². The zero-order valence-corrected chi connectivity index (χ0v) is 10.7. The first-order valence-electron chi connectivity index (χ1n) is 5.20. The molecule has 0 amide bonds. The van der Waals surface area contributed by atoms with Crippen LogP contribution in [0.25, 0.3) is 0 Å². The van der Waals surface area contributed by atoms with Gasteiger partial charge in [0.15, 0.2) is 0 Å². The fraction of sp³-hybridized carbons (Fsp3) is 0.667. The summed E-state index contributed by atoms with van der Waals surface area (Å²) in [7, 11) is 0. The van der Waals surface area contributed by atoms with Crippen molar-refractivity contribution in [1.82, 2.24) is 0 Å². The van der Waals surface area contributed by atoms with E-state index in [0.717, 1.165) is 17.3 Å². The Morgan fingerprint density at radius 2 is 2.13 bits per heavy atom. The van der Waals surface area contributed by atoms with Gasteiger partial charge < -0.3 is 9.52 Å². The molecule has 0 saturated heterocycles. The van der Waals surface area contributed by atoms with E-state index in [1.54, 1.807) is 18.0 Å². The van der Waals surface area contributed by atoms with Gasteiger partial charge in [-0.2, -0.15) is 11.8 Å². The van der Waals surface area contributed by atoms with Gasteiger partial charge in [0, 0.05) is 5.75 Å². The molecule has 1 heterocycles. The first-order valence-corrected chi connectivity index (χ1v) is 6.35. The van der Waals surface area contributed by atoms with Gasteiger partial charge in [0.2, 0.25) is 0 Å². The van der Waals surface area contributed by atoms with E-state index in [0.29, 0.717) is 0 Å². The van der Waals surface area contributed by atoms with Gasteiger partial charge in [0.1, 0.15) is 5.76 Å². The van der Waals surface area contributed by atoms with E-state index in [1.807, 2.05) is 13.0 Å². The number of hydrogen-bond acceptors (Lipinski definition) is 3. The lowest BCUT2D eigenvalue weighted by Gasteiger charge is -2.25. The number of hydrogen-bond donors (Lipinski definition) is 1. The second kappa shape index (κ2) is 5.08. The molecule has 0 radical (unpaired) electrons. The summed E-state index contributed by atoms with van der Waals surface area (Å²) >= 11 is 1.72. The maximum atomic E-state index is 9.83. The first kappa shape index (κ1) is 12.7. The van der Waals surface area contributed by atoms with Crippen LogP contribution in [0.2, 0.25) is 0 Å². The van der Waals surface area contributed by atoms with Crippen LogP contribution < -0.4 is 0 Å². The number of aryl methyl sites for hydroxylation is 1. The number of rotatable bonds is 4. The predicted octanol–water partition coefficient (Wildman–Crippen LogP) is 3.23. The molecule has 86 valence electrons. The quantitative estimate of drug-likeness (QED) is 0.859. The van der Waals surface area contributed by atoms with Crippen LogP contribution in [0.5, 0.6) is 0 Å². The van der Waals surface area contributed by atoms with Crippen LogP contribution in [-0.2, 0) is 5.75 Å². The molecule has 0 spiro atoms. The Labute approximate surface area is 96.1 Å². The molecule has 0 aliphatic carbocycles. The summed E-state index contributed by atoms with van der Waals surface area (Å²) in [6, 6.07) is 1.97. The molecule has 1 aromatic rings. The zero-order valence-electron chi connectivity index (χ0n) is 9.91. The molecule has 0 bridgehead atoms. The smallest absolute Gasteiger partial charge is 0.116 e. The van der Waals surface area contributed by atoms with Gasteiger partial charge >= 0.3 is 0 Å². The van der Waals surface area contributed by atoms with E-state index < -0.39 is 0 Å². The lowest BCUT2D eigenvalue weighted by atomic mass is 9.90. The van der Waals surface area contributed by atoms with Crippen LogP contribution in [0.15, 0.2) is 16.7 Å². The van der Waals surface area contributed by atoms with Crippen molar-refractivity contribution in [2.24, 2.45) is 5.41 Å². The molecule has 0 aliphatic heterocycles. The van der Waals surface area contributed by atoms with Gasteiger partial charge in [0.05, 0.1) is 18.1 Å². The average molecular weight is 228 g/mol. The molecule has 0 aromatic carbocycles. The van der Waals surface area contributed by atoms with Crippen LogP contribution in [-0.4, -0.2) is 17.0 Å². The minimum atomic E-state index is -0.266. The summed E-state index contributed by atoms with van der Waals surface area (Å²) in [6.07, 6.45) is 1.45. The summed E-state index contributed by atoms with van der Waals surface area (Å²) in [5.74, 6) is 2.61. The monoisotopic (exact) mass is 228 g/mol. The topological polar surface area (TPSA) is 33.4 Å². The van der Waals surface area contributed by atoms with Crippen molar-refractivity contribution < 1.29 is 9.52 Å². The zero-order chi connectivity index (χ0) is 11.5. The molecule has 2 nitrogen and oxygen atoms in total. The maximum Gasteiger partial charge on any atom is 0.116 e. The van der Waals surface area contributed by atoms with E-state index in [4.69, 9.17) is 4.42 Å². The molecule has 1 N–H and O–H groups in total. The molecule has 1 unspecified atom stereocenters. The molecular formula is C12H20O2S. The number of aliphatic hydroxyl groups excluding tert-OH is 1. The second-order valence-electron chi connectivity index (χ2n) is 4.92. The SMILES string of the molecule is Cc1ccoc1CSCC(O)C(C)(C)C. The van der Waals surface area contributed by atoms with E-state index >= 15 is 0 Å². The van der Waals surface area contributed by atoms with E-state index in [1.165, 1.54) is 5.56 Å². The van der Waals surface area contributed by atoms with Crippen LogP contribution in [0.3, 0.4) is 0 Å². The molecule has 15 heavy (non-hydrogen) atoms. The van der Waals surface area contributed by atoms with Crippen LogP contribution in [0.4, 0.5) is 0 Å². The third kappa shape index (κ3) is 3.92. The highest BCUT2D eigenvalue weighted by Gasteiger charge is 2.21. The fourth-order valence-corrected chi connectivity index (χ4v) is 2.39. The molecule has 0 fully saturated rings. The van der Waals surface area contributed by atoms with Crippen LogP contribution >= 0.6 is 11.8 Å². The second-order valence-corrected chi connectivity index (χ2v) is 5.95. The largest absolute Gasteiger partial charge is 0.468 e. The highest BCUT2D eigenvalue weighted by Crippen LogP contribution is 2.24. The standard InChI is InChI=1S/C12H20O2S/c1-9-5-6-14-10(9)7-15-8-11(13)12(2,3)4/h5-6,11,13H,7-8H2,1-4H3. The Morgan fingerprint density at radius 1 is 1.47 bits per heavy atom. The van der Waals surface area contributed by atoms with Gasteiger partial charge in [-0.1, -0.05) is 20.8 Å². The van der Waals surface area contributed by atoms with Gasteiger partial charge in [-0.15, -0.1) is 0 Å². The summed E-state index contributed by atoms with van der Waals surface area (Å²) in [6.45, 7) is 8.20. The Kier molecular flexibility index (Phi) is 4.29. The van der Waals surface area contributed by atoms with Crippen LogP contribution in [0.1, 0.15) is 32.1 Å². The third-order valence-electron chi connectivity index (χ3n) is 2.48. The Morgan fingerprint density at radius 3 is 2.60 bits per heavy atom. The first-order chi connectivity index (χ1) is 6.91. The van der Waals surface area contributed by atoms with Gasteiger partial charge in [-0.05, 0) is 24.0 Å². The van der Waals surface area contributed by atoms with Crippen molar-refractivity contribution >= 4 is 11.8 Å². The molecule has 1 atom stereocenters. The summed E-state index contributed by atoms with van der Waals surface area (Å²) < 4.78 is 5.33. The third-order valence-corrected chi connectivity index (χ3v) is 3.49. The summed E-state index contributed by atoms with van der Waals surface area (Å²) in [4.78, 5) is 0. The molecule has 0 saturated carbocycles. The molecule has 1 aromatic heterocycles. The van der Waals surface area contributed by atoms with E-state index in [-0.39, 0.29) is 11.5 Å². The highest BCUT2D eigenvalue weighted by molar-refractivity contribution is 7.98. The van der Waals surface area contributed by atoms with Crippen molar-refractivity contribution in [2.75, 3.05) is 5.75 Å². The molecule has 1 rings (SSSR count). The minimum absolute atomic E-state index is 0.0365. The van der Waals surface area contributed by atoms with Gasteiger partial charge in [0.25, 0.3) is 0 Å². The predicted molar refractivity (Wildman–Crippen MR) is 65.1 cm³/mol. The highest BCUT2D eigenvalue weighted by atomic mass is 32.2. The van der Waals surface area contributed by atoms with E-state index in [9.17, 15) is 5.11 Å². The molecular weight excluding hydrogens is 208 g/mol. The summed E-state index contributed by atoms with van der Waals surface area (Å²) in [5.41, 5.74) is 1.15. The van der Waals surface area contributed by atoms with E-state index in [2.05, 4.69) is 20.8 Å². The van der Waals surface area contributed by atoms with Crippen molar-refractivity contribution in [3.63, 3.8) is 0 Å². The number of aliphatic hydroxyl groups is 1. The average Bonchev–Trinajstić information content (AvgIpc) is 2.50.